The molecule has 0 N–H and O–H groups in total. The van der Waals surface area contributed by atoms with Crippen molar-refractivity contribution < 1.29 is 4.39 Å². The lowest BCUT2D eigenvalue weighted by Crippen LogP contribution is -1.99. The molecule has 5 aromatic rings. The molecule has 0 aliphatic carbocycles. The summed E-state index contributed by atoms with van der Waals surface area (Å²) in [6, 6.07) is 14.3. The Kier molecular flexibility index (Phi) is 3.08. The number of rotatable bonds is 2. The van der Waals surface area contributed by atoms with Crippen LogP contribution in [-0.2, 0) is 0 Å². The first-order valence-electron chi connectivity index (χ1n) is 8.11. The van der Waals surface area contributed by atoms with Crippen molar-refractivity contribution in [3.05, 3.63) is 72.4 Å². The molecule has 0 unspecified atom stereocenters. The van der Waals surface area contributed by atoms with E-state index in [9.17, 15) is 4.39 Å². The predicted octanol–water partition coefficient (Wildman–Crippen LogP) is 3.58. The van der Waals surface area contributed by atoms with Crippen molar-refractivity contribution in [1.29, 1.82) is 0 Å². The molecule has 2 aromatic carbocycles. The summed E-state index contributed by atoms with van der Waals surface area (Å²) in [4.78, 5) is 4.55. The van der Waals surface area contributed by atoms with E-state index in [0.717, 1.165) is 16.6 Å². The Morgan fingerprint density at radius 1 is 0.962 bits per heavy atom. The molecule has 0 bridgehead atoms. The van der Waals surface area contributed by atoms with Crippen LogP contribution in [-0.4, -0.2) is 29.4 Å². The third-order valence-electron chi connectivity index (χ3n) is 4.31. The van der Waals surface area contributed by atoms with Gasteiger partial charge < -0.3 is 0 Å². The van der Waals surface area contributed by atoms with Crippen LogP contribution in [0.1, 0.15) is 5.56 Å². The van der Waals surface area contributed by atoms with Gasteiger partial charge in [-0.05, 0) is 36.8 Å². The van der Waals surface area contributed by atoms with E-state index in [1.807, 2.05) is 31.2 Å². The van der Waals surface area contributed by atoms with Crippen molar-refractivity contribution in [2.45, 2.75) is 6.92 Å². The Labute approximate surface area is 147 Å². The molecular weight excluding hydrogens is 331 g/mol. The van der Waals surface area contributed by atoms with E-state index in [1.165, 1.54) is 12.1 Å². The van der Waals surface area contributed by atoms with E-state index in [1.54, 1.807) is 33.7 Å². The summed E-state index contributed by atoms with van der Waals surface area (Å²) in [6.07, 6.45) is 3.37. The second kappa shape index (κ2) is 5.45. The van der Waals surface area contributed by atoms with E-state index in [2.05, 4.69) is 20.3 Å². The summed E-state index contributed by atoms with van der Waals surface area (Å²) in [5, 5.41) is 13.7. The number of aryl methyl sites for hydroxylation is 1. The van der Waals surface area contributed by atoms with Crippen LogP contribution in [0.5, 0.6) is 0 Å². The molecule has 0 atom stereocenters. The van der Waals surface area contributed by atoms with Gasteiger partial charge in [-0.1, -0.05) is 24.3 Å². The monoisotopic (exact) mass is 344 g/mol. The van der Waals surface area contributed by atoms with Crippen LogP contribution in [0.4, 0.5) is 4.39 Å². The van der Waals surface area contributed by atoms with Gasteiger partial charge in [-0.2, -0.15) is 5.10 Å². The van der Waals surface area contributed by atoms with Gasteiger partial charge in [-0.15, -0.1) is 10.2 Å². The maximum absolute atomic E-state index is 13.5. The average molecular weight is 344 g/mol. The van der Waals surface area contributed by atoms with Gasteiger partial charge in [0.05, 0.1) is 17.3 Å². The molecule has 7 heteroatoms. The quantitative estimate of drug-likeness (QED) is 0.491. The highest BCUT2D eigenvalue weighted by molar-refractivity contribution is 5.90. The van der Waals surface area contributed by atoms with Crippen molar-refractivity contribution in [1.82, 2.24) is 29.4 Å². The molecular formula is C19H13FN6. The van der Waals surface area contributed by atoms with E-state index < -0.39 is 0 Å². The van der Waals surface area contributed by atoms with E-state index in [-0.39, 0.29) is 5.82 Å². The fourth-order valence-electron chi connectivity index (χ4n) is 3.09. The standard InChI is InChI=1S/C19H13FN6/c1-12-4-2-7-15(8-12)26-18-16(10-22-26)19-24-23-17(25(19)11-21-18)13-5-3-6-14(20)9-13/h2-11H,1H3. The van der Waals surface area contributed by atoms with Crippen LogP contribution < -0.4 is 0 Å². The lowest BCUT2D eigenvalue weighted by molar-refractivity contribution is 0.628. The molecule has 0 saturated carbocycles. The van der Waals surface area contributed by atoms with Crippen molar-refractivity contribution in [2.24, 2.45) is 0 Å². The number of halogens is 1. The zero-order valence-corrected chi connectivity index (χ0v) is 13.8. The Balaban J connectivity index is 1.73. The zero-order valence-electron chi connectivity index (χ0n) is 13.8. The Hall–Kier alpha value is -3.61. The van der Waals surface area contributed by atoms with Crippen molar-refractivity contribution in [3.8, 4) is 17.1 Å². The fraction of sp³-hybridized carbons (Fsp3) is 0.0526. The second-order valence-electron chi connectivity index (χ2n) is 6.10. The highest BCUT2D eigenvalue weighted by atomic mass is 19.1. The summed E-state index contributed by atoms with van der Waals surface area (Å²) in [7, 11) is 0. The summed E-state index contributed by atoms with van der Waals surface area (Å²) in [6.45, 7) is 2.03. The van der Waals surface area contributed by atoms with E-state index >= 15 is 0 Å². The molecule has 0 fully saturated rings. The first-order valence-corrected chi connectivity index (χ1v) is 8.11. The Morgan fingerprint density at radius 2 is 1.85 bits per heavy atom. The van der Waals surface area contributed by atoms with Crippen molar-refractivity contribution >= 4 is 16.7 Å². The largest absolute Gasteiger partial charge is 0.265 e. The highest BCUT2D eigenvalue weighted by Gasteiger charge is 2.15. The van der Waals surface area contributed by atoms with Crippen LogP contribution in [0.15, 0.2) is 61.1 Å². The normalized spacial score (nSPS) is 11.5. The van der Waals surface area contributed by atoms with E-state index in [4.69, 9.17) is 0 Å². The molecule has 0 aliphatic rings. The first kappa shape index (κ1) is 14.7. The van der Waals surface area contributed by atoms with Gasteiger partial charge in [0, 0.05) is 5.56 Å². The molecule has 5 rings (SSSR count). The van der Waals surface area contributed by atoms with Gasteiger partial charge in [-0.3, -0.25) is 4.40 Å². The molecule has 0 saturated heterocycles. The van der Waals surface area contributed by atoms with Crippen LogP contribution in [0.3, 0.4) is 0 Å². The van der Waals surface area contributed by atoms with Crippen molar-refractivity contribution in [2.75, 3.05) is 0 Å². The number of benzene rings is 2. The molecule has 0 amide bonds. The number of fused-ring (bicyclic) bond motifs is 3. The third kappa shape index (κ3) is 2.17. The fourth-order valence-corrected chi connectivity index (χ4v) is 3.09. The Morgan fingerprint density at radius 3 is 2.69 bits per heavy atom. The van der Waals surface area contributed by atoms with Gasteiger partial charge in [0.2, 0.25) is 0 Å². The maximum Gasteiger partial charge on any atom is 0.175 e. The molecule has 0 aliphatic heterocycles. The molecule has 0 spiro atoms. The maximum atomic E-state index is 13.5. The summed E-state index contributed by atoms with van der Waals surface area (Å²) >= 11 is 0. The number of hydrogen-bond acceptors (Lipinski definition) is 4. The topological polar surface area (TPSA) is 60.9 Å². The number of aromatic nitrogens is 6. The second-order valence-corrected chi connectivity index (χ2v) is 6.10. The smallest absolute Gasteiger partial charge is 0.175 e. The molecule has 0 radical (unpaired) electrons. The summed E-state index contributed by atoms with van der Waals surface area (Å²) in [5.74, 6) is 0.220. The minimum absolute atomic E-state index is 0.319. The lowest BCUT2D eigenvalue weighted by atomic mass is 10.2. The van der Waals surface area contributed by atoms with Gasteiger partial charge in [0.25, 0.3) is 0 Å². The SMILES string of the molecule is Cc1cccc(-n2ncc3c2ncn2c(-c4cccc(F)c4)nnc32)c1. The minimum atomic E-state index is -0.319. The Bertz CT molecular complexity index is 1170. The number of hydrogen-bond donors (Lipinski definition) is 0. The summed E-state index contributed by atoms with van der Waals surface area (Å²) < 4.78 is 17.1. The zero-order chi connectivity index (χ0) is 17.7. The molecule has 26 heavy (non-hydrogen) atoms. The summed E-state index contributed by atoms with van der Waals surface area (Å²) in [5.41, 5.74) is 4.05. The lowest BCUT2D eigenvalue weighted by Gasteiger charge is -2.04. The first-order chi connectivity index (χ1) is 12.7. The van der Waals surface area contributed by atoms with E-state index in [0.29, 0.717) is 22.7 Å². The third-order valence-corrected chi connectivity index (χ3v) is 4.31. The van der Waals surface area contributed by atoms with Crippen LogP contribution in [0.2, 0.25) is 0 Å². The highest BCUT2D eigenvalue weighted by Crippen LogP contribution is 2.24. The van der Waals surface area contributed by atoms with Crippen LogP contribution >= 0.6 is 0 Å². The van der Waals surface area contributed by atoms with Crippen molar-refractivity contribution in [3.63, 3.8) is 0 Å². The van der Waals surface area contributed by atoms with Gasteiger partial charge >= 0.3 is 0 Å². The van der Waals surface area contributed by atoms with Crippen LogP contribution in [0, 0.1) is 12.7 Å². The van der Waals surface area contributed by atoms with Gasteiger partial charge in [-0.25, -0.2) is 14.1 Å². The molecule has 126 valence electrons. The molecule has 3 heterocycles. The molecule has 6 nitrogen and oxygen atoms in total. The minimum Gasteiger partial charge on any atom is -0.265 e. The van der Waals surface area contributed by atoms with Gasteiger partial charge in [0.1, 0.15) is 12.1 Å². The number of nitrogens with zero attached hydrogens (tertiary/aromatic N) is 6. The molecule has 3 aromatic heterocycles. The average Bonchev–Trinajstić information content (AvgIpc) is 3.25. The van der Waals surface area contributed by atoms with Gasteiger partial charge in [0.15, 0.2) is 17.1 Å². The predicted molar refractivity (Wildman–Crippen MR) is 95.5 cm³/mol. The van der Waals surface area contributed by atoms with Crippen LogP contribution in [0.25, 0.3) is 33.8 Å².